The molecule has 0 aliphatic rings. The van der Waals surface area contributed by atoms with Gasteiger partial charge in [-0.05, 0) is 54.1 Å². The summed E-state index contributed by atoms with van der Waals surface area (Å²) in [4.78, 5) is 32.1. The maximum absolute atomic E-state index is 13.2. The molecule has 3 aromatic carbocycles. The first-order chi connectivity index (χ1) is 18.5. The molecule has 0 saturated heterocycles. The van der Waals surface area contributed by atoms with Crippen LogP contribution in [-0.2, 0) is 20.9 Å². The number of nitrogens with zero attached hydrogens (tertiary/aromatic N) is 3. The molecule has 0 radical (unpaired) electrons. The maximum atomic E-state index is 13.2. The third-order valence-electron chi connectivity index (χ3n) is 5.86. The van der Waals surface area contributed by atoms with Gasteiger partial charge in [-0.3, -0.25) is 19.5 Å². The van der Waals surface area contributed by atoms with E-state index in [0.717, 1.165) is 22.6 Å². The molecule has 0 atom stereocenters. The number of anilines is 1. The van der Waals surface area contributed by atoms with Crippen LogP contribution in [0.1, 0.15) is 5.56 Å². The smallest absolute Gasteiger partial charge is 0.249 e. The number of carbonyl (C=O) groups is 2. The molecular formula is C29H30N4O5. The fourth-order valence-electron chi connectivity index (χ4n) is 3.90. The third kappa shape index (κ3) is 6.57. The lowest BCUT2D eigenvalue weighted by Gasteiger charge is -2.22. The van der Waals surface area contributed by atoms with Gasteiger partial charge < -0.3 is 19.1 Å². The van der Waals surface area contributed by atoms with E-state index >= 15 is 0 Å². The van der Waals surface area contributed by atoms with Crippen molar-refractivity contribution in [1.82, 2.24) is 14.5 Å². The first kappa shape index (κ1) is 26.4. The lowest BCUT2D eigenvalue weighted by atomic mass is 10.1. The summed E-state index contributed by atoms with van der Waals surface area (Å²) in [5.74, 6) is 1.10. The normalized spacial score (nSPS) is 10.6. The Labute approximate surface area is 221 Å². The summed E-state index contributed by atoms with van der Waals surface area (Å²) < 4.78 is 17.4. The van der Waals surface area contributed by atoms with Crippen LogP contribution in [0.2, 0.25) is 0 Å². The summed E-state index contributed by atoms with van der Waals surface area (Å²) in [6, 6.07) is 24.4. The summed E-state index contributed by atoms with van der Waals surface area (Å²) in [6.07, 6.45) is 1.84. The lowest BCUT2D eigenvalue weighted by molar-refractivity contribution is -0.138. The Morgan fingerprint density at radius 1 is 0.868 bits per heavy atom. The number of methoxy groups -OCH3 is 3. The Morgan fingerprint density at radius 3 is 2.11 bits per heavy atom. The van der Waals surface area contributed by atoms with E-state index in [0.29, 0.717) is 17.4 Å². The first-order valence-electron chi connectivity index (χ1n) is 12.0. The molecule has 4 rings (SSSR count). The van der Waals surface area contributed by atoms with E-state index < -0.39 is 0 Å². The molecule has 1 heterocycles. The second kappa shape index (κ2) is 12.6. The van der Waals surface area contributed by atoms with E-state index in [-0.39, 0.29) is 31.5 Å². The summed E-state index contributed by atoms with van der Waals surface area (Å²) in [7, 11) is 4.66. The zero-order chi connectivity index (χ0) is 26.9. The highest BCUT2D eigenvalue weighted by Crippen LogP contribution is 2.27. The molecule has 0 aliphatic heterocycles. The predicted octanol–water partition coefficient (Wildman–Crippen LogP) is 4.17. The molecule has 2 amide bonds. The Morgan fingerprint density at radius 2 is 1.50 bits per heavy atom. The Hall–Kier alpha value is -4.63. The number of imidazole rings is 1. The van der Waals surface area contributed by atoms with Gasteiger partial charge in [-0.25, -0.2) is 4.98 Å². The standard InChI is InChI=1S/C29H30N4O5/c1-36-20-28(35)32(17-21-7-5-4-6-8-21)19-27(34)31-29-30-26(22-9-13-24(37-2)14-10-22)18-33(29)23-11-15-25(38-3)16-12-23/h4-16,18H,17,19-20H2,1-3H3,(H,30,31,34). The van der Waals surface area contributed by atoms with Crippen molar-refractivity contribution in [3.63, 3.8) is 0 Å². The molecular weight excluding hydrogens is 484 g/mol. The van der Waals surface area contributed by atoms with E-state index in [4.69, 9.17) is 19.2 Å². The molecule has 4 aromatic rings. The number of amides is 2. The van der Waals surface area contributed by atoms with E-state index in [1.165, 1.54) is 12.0 Å². The highest BCUT2D eigenvalue weighted by Gasteiger charge is 2.20. The van der Waals surface area contributed by atoms with Crippen LogP contribution in [-0.4, -0.2) is 60.7 Å². The van der Waals surface area contributed by atoms with Crippen LogP contribution in [0.25, 0.3) is 16.9 Å². The number of rotatable bonds is 11. The van der Waals surface area contributed by atoms with Gasteiger partial charge in [0.2, 0.25) is 17.8 Å². The Bertz CT molecular complexity index is 1350. The van der Waals surface area contributed by atoms with Gasteiger partial charge in [-0.15, -0.1) is 0 Å². The predicted molar refractivity (Wildman–Crippen MR) is 144 cm³/mol. The summed E-state index contributed by atoms with van der Waals surface area (Å²) >= 11 is 0. The number of benzene rings is 3. The van der Waals surface area contributed by atoms with Crippen molar-refractivity contribution in [3.05, 3.63) is 90.6 Å². The van der Waals surface area contributed by atoms with Crippen molar-refractivity contribution in [2.45, 2.75) is 6.54 Å². The monoisotopic (exact) mass is 514 g/mol. The minimum absolute atomic E-state index is 0.123. The second-order valence-electron chi connectivity index (χ2n) is 8.46. The molecule has 0 unspecified atom stereocenters. The van der Waals surface area contributed by atoms with Gasteiger partial charge in [0.05, 0.1) is 19.9 Å². The Kier molecular flexibility index (Phi) is 8.73. The number of ether oxygens (including phenoxy) is 3. The van der Waals surface area contributed by atoms with Gasteiger partial charge in [-0.1, -0.05) is 30.3 Å². The van der Waals surface area contributed by atoms with Crippen molar-refractivity contribution in [2.75, 3.05) is 39.8 Å². The minimum Gasteiger partial charge on any atom is -0.497 e. The number of aromatic nitrogens is 2. The van der Waals surface area contributed by atoms with Crippen LogP contribution in [0, 0.1) is 0 Å². The molecule has 1 N–H and O–H groups in total. The zero-order valence-electron chi connectivity index (χ0n) is 21.6. The van der Waals surface area contributed by atoms with Crippen molar-refractivity contribution in [3.8, 4) is 28.4 Å². The summed E-state index contributed by atoms with van der Waals surface area (Å²) in [5, 5.41) is 2.89. The first-order valence-corrected chi connectivity index (χ1v) is 12.0. The molecule has 0 bridgehead atoms. The number of hydrogen-bond donors (Lipinski definition) is 1. The van der Waals surface area contributed by atoms with Gasteiger partial charge in [-0.2, -0.15) is 0 Å². The van der Waals surface area contributed by atoms with Crippen molar-refractivity contribution in [2.24, 2.45) is 0 Å². The molecule has 0 spiro atoms. The van der Waals surface area contributed by atoms with Crippen LogP contribution in [0.5, 0.6) is 11.5 Å². The lowest BCUT2D eigenvalue weighted by Crippen LogP contribution is -2.39. The van der Waals surface area contributed by atoms with Crippen molar-refractivity contribution < 1.29 is 23.8 Å². The largest absolute Gasteiger partial charge is 0.497 e. The molecule has 0 saturated carbocycles. The van der Waals surface area contributed by atoms with E-state index in [2.05, 4.69) is 5.32 Å². The number of hydrogen-bond acceptors (Lipinski definition) is 6. The molecule has 38 heavy (non-hydrogen) atoms. The average Bonchev–Trinajstić information content (AvgIpc) is 3.37. The molecule has 0 fully saturated rings. The van der Waals surface area contributed by atoms with E-state index in [1.54, 1.807) is 18.8 Å². The minimum atomic E-state index is -0.382. The van der Waals surface area contributed by atoms with Crippen LogP contribution in [0.4, 0.5) is 5.95 Å². The van der Waals surface area contributed by atoms with Crippen LogP contribution in [0.15, 0.2) is 85.1 Å². The highest BCUT2D eigenvalue weighted by atomic mass is 16.5. The maximum Gasteiger partial charge on any atom is 0.249 e. The molecule has 0 aliphatic carbocycles. The van der Waals surface area contributed by atoms with Gasteiger partial charge in [0.15, 0.2) is 0 Å². The zero-order valence-corrected chi connectivity index (χ0v) is 21.6. The highest BCUT2D eigenvalue weighted by molar-refractivity contribution is 5.94. The third-order valence-corrected chi connectivity index (χ3v) is 5.86. The molecule has 9 heteroatoms. The molecule has 196 valence electrons. The SMILES string of the molecule is COCC(=O)N(CC(=O)Nc1nc(-c2ccc(OC)cc2)cn1-c1ccc(OC)cc1)Cc1ccccc1. The van der Waals surface area contributed by atoms with E-state index in [1.807, 2.05) is 85.1 Å². The van der Waals surface area contributed by atoms with Crippen LogP contribution in [0.3, 0.4) is 0 Å². The molecule has 9 nitrogen and oxygen atoms in total. The second-order valence-corrected chi connectivity index (χ2v) is 8.46. The van der Waals surface area contributed by atoms with Crippen LogP contribution < -0.4 is 14.8 Å². The summed E-state index contributed by atoms with van der Waals surface area (Å²) in [5.41, 5.74) is 3.21. The number of nitrogens with one attached hydrogen (secondary N) is 1. The van der Waals surface area contributed by atoms with E-state index in [9.17, 15) is 9.59 Å². The van der Waals surface area contributed by atoms with Crippen molar-refractivity contribution in [1.29, 1.82) is 0 Å². The van der Waals surface area contributed by atoms with Gasteiger partial charge in [0, 0.05) is 31.1 Å². The molecule has 1 aromatic heterocycles. The fourth-order valence-corrected chi connectivity index (χ4v) is 3.90. The van der Waals surface area contributed by atoms with Gasteiger partial charge in [0.1, 0.15) is 24.7 Å². The average molecular weight is 515 g/mol. The van der Waals surface area contributed by atoms with Crippen molar-refractivity contribution >= 4 is 17.8 Å². The van der Waals surface area contributed by atoms with Gasteiger partial charge in [0.25, 0.3) is 0 Å². The fraction of sp³-hybridized carbons (Fsp3) is 0.207. The topological polar surface area (TPSA) is 94.9 Å². The van der Waals surface area contributed by atoms with Crippen LogP contribution >= 0.6 is 0 Å². The quantitative estimate of drug-likeness (QED) is 0.323. The summed E-state index contributed by atoms with van der Waals surface area (Å²) in [6.45, 7) is -0.00684. The Balaban J connectivity index is 1.61. The van der Waals surface area contributed by atoms with Gasteiger partial charge >= 0.3 is 0 Å². The number of carbonyl (C=O) groups excluding carboxylic acids is 2.